The smallest absolute Gasteiger partial charge is 0.335 e. The molecule has 0 amide bonds. The Balaban J connectivity index is 1.83. The number of methoxy groups -OCH3 is 2. The van der Waals surface area contributed by atoms with Crippen LogP contribution in [0, 0.1) is 0 Å². The number of benzene rings is 2. The molecule has 0 saturated carbocycles. The molecule has 3 aromatic rings. The molecule has 0 spiro atoms. The van der Waals surface area contributed by atoms with Crippen LogP contribution >= 0.6 is 0 Å². The molecule has 182 valence electrons. The zero-order chi connectivity index (χ0) is 24.6. The van der Waals surface area contributed by atoms with Gasteiger partial charge in [0.1, 0.15) is 5.82 Å². The summed E-state index contributed by atoms with van der Waals surface area (Å²) < 4.78 is 13.4. The van der Waals surface area contributed by atoms with Gasteiger partial charge in [-0.3, -0.25) is 0 Å². The molecule has 0 atom stereocenters. The summed E-state index contributed by atoms with van der Waals surface area (Å²) in [6.07, 6.45) is 5.06. The molecule has 7 nitrogen and oxygen atoms in total. The lowest BCUT2D eigenvalue weighted by Gasteiger charge is -2.27. The molecule has 0 saturated heterocycles. The van der Waals surface area contributed by atoms with Crippen molar-refractivity contribution in [3.05, 3.63) is 82.4 Å². The average Bonchev–Trinajstić information content (AvgIpc) is 3.25. The van der Waals surface area contributed by atoms with Crippen LogP contribution in [0.1, 0.15) is 78.2 Å². The minimum atomic E-state index is -0.942. The Morgan fingerprint density at radius 2 is 1.68 bits per heavy atom. The number of carboxylic acids is 1. The predicted octanol–water partition coefficient (Wildman–Crippen LogP) is 5.20. The topological polar surface area (TPSA) is 86.5 Å². The molecular weight excluding hydrogens is 430 g/mol. The lowest BCUT2D eigenvalue weighted by atomic mass is 9.99. The molecule has 0 bridgehead atoms. The summed E-state index contributed by atoms with van der Waals surface area (Å²) in [6, 6.07) is 15.3. The number of carbonyl (C=O) groups is 1. The van der Waals surface area contributed by atoms with E-state index in [-0.39, 0.29) is 0 Å². The molecule has 0 radical (unpaired) electrons. The monoisotopic (exact) mass is 465 g/mol. The number of hydrogen-bond donors (Lipinski definition) is 1. The summed E-state index contributed by atoms with van der Waals surface area (Å²) in [4.78, 5) is 16.3. The van der Waals surface area contributed by atoms with E-state index in [1.165, 1.54) is 0 Å². The lowest BCUT2D eigenvalue weighted by molar-refractivity contribution is -0.225. The van der Waals surface area contributed by atoms with E-state index in [2.05, 4.69) is 26.0 Å². The first-order chi connectivity index (χ1) is 16.5. The van der Waals surface area contributed by atoms with Crippen LogP contribution in [0.15, 0.2) is 48.5 Å². The molecule has 2 aromatic carbocycles. The van der Waals surface area contributed by atoms with Crippen molar-refractivity contribution in [1.29, 1.82) is 0 Å². The standard InChI is InChI=1S/C27H35N3O4/c1-5-7-12-24-28-26(27(33-3,34-4)17-6-2)29-30(24)19-21-15-13-20(14-16-21)18-22-10-8-9-11-23(22)25(31)32/h8-11,13-16H,5-7,12,17-19H2,1-4H3,(H,31,32). The fourth-order valence-corrected chi connectivity index (χ4v) is 4.13. The zero-order valence-corrected chi connectivity index (χ0v) is 20.6. The molecule has 3 rings (SSSR count). The van der Waals surface area contributed by atoms with Gasteiger partial charge in [-0.2, -0.15) is 0 Å². The number of rotatable bonds is 13. The van der Waals surface area contributed by atoms with Crippen LogP contribution in [0.5, 0.6) is 0 Å². The highest BCUT2D eigenvalue weighted by Crippen LogP contribution is 2.29. The fraction of sp³-hybridized carbons (Fsp3) is 0.444. The van der Waals surface area contributed by atoms with E-state index in [9.17, 15) is 9.90 Å². The lowest BCUT2D eigenvalue weighted by Crippen LogP contribution is -2.32. The van der Waals surface area contributed by atoms with Gasteiger partial charge in [0.15, 0.2) is 0 Å². The summed E-state index contributed by atoms with van der Waals surface area (Å²) in [7, 11) is 3.26. The second-order valence-corrected chi connectivity index (χ2v) is 8.48. The zero-order valence-electron chi connectivity index (χ0n) is 20.6. The van der Waals surface area contributed by atoms with E-state index in [1.807, 2.05) is 28.9 Å². The van der Waals surface area contributed by atoms with Gasteiger partial charge in [-0.25, -0.2) is 14.5 Å². The van der Waals surface area contributed by atoms with E-state index < -0.39 is 11.8 Å². The van der Waals surface area contributed by atoms with Gasteiger partial charge in [-0.05, 0) is 35.6 Å². The third-order valence-electron chi connectivity index (χ3n) is 6.08. The number of carboxylic acid groups (broad SMARTS) is 1. The van der Waals surface area contributed by atoms with E-state index in [0.717, 1.165) is 48.2 Å². The first kappa shape index (κ1) is 25.6. The average molecular weight is 466 g/mol. The Labute approximate surface area is 201 Å². The number of aromatic carboxylic acids is 1. The Kier molecular flexibility index (Phi) is 8.96. The van der Waals surface area contributed by atoms with Gasteiger partial charge in [0.05, 0.1) is 12.1 Å². The third kappa shape index (κ3) is 5.90. The molecule has 0 aliphatic rings. The van der Waals surface area contributed by atoms with Crippen LogP contribution in [-0.2, 0) is 34.6 Å². The van der Waals surface area contributed by atoms with Gasteiger partial charge in [-0.1, -0.05) is 69.2 Å². The highest BCUT2D eigenvalue weighted by Gasteiger charge is 2.36. The predicted molar refractivity (Wildman–Crippen MR) is 131 cm³/mol. The largest absolute Gasteiger partial charge is 0.478 e. The number of hydrogen-bond acceptors (Lipinski definition) is 5. The van der Waals surface area contributed by atoms with Crippen LogP contribution in [0.4, 0.5) is 0 Å². The summed E-state index contributed by atoms with van der Waals surface area (Å²) in [6.45, 7) is 4.83. The van der Waals surface area contributed by atoms with Gasteiger partial charge in [0.2, 0.25) is 11.6 Å². The van der Waals surface area contributed by atoms with Crippen molar-refractivity contribution in [2.45, 2.75) is 64.7 Å². The molecular formula is C27H35N3O4. The summed E-state index contributed by atoms with van der Waals surface area (Å²) in [5.74, 6) is -0.360. The number of aromatic nitrogens is 3. The minimum Gasteiger partial charge on any atom is -0.478 e. The molecule has 7 heteroatoms. The minimum absolute atomic E-state index is 0.342. The van der Waals surface area contributed by atoms with Crippen LogP contribution in [-0.4, -0.2) is 40.1 Å². The summed E-state index contributed by atoms with van der Waals surface area (Å²) >= 11 is 0. The van der Waals surface area contributed by atoms with Crippen molar-refractivity contribution >= 4 is 5.97 Å². The third-order valence-corrected chi connectivity index (χ3v) is 6.08. The normalized spacial score (nSPS) is 11.6. The van der Waals surface area contributed by atoms with Crippen LogP contribution in [0.2, 0.25) is 0 Å². The van der Waals surface area contributed by atoms with Crippen molar-refractivity contribution in [3.63, 3.8) is 0 Å². The molecule has 34 heavy (non-hydrogen) atoms. The number of nitrogens with zero attached hydrogens (tertiary/aromatic N) is 3. The number of unbranched alkanes of at least 4 members (excludes halogenated alkanes) is 1. The van der Waals surface area contributed by atoms with Crippen LogP contribution < -0.4 is 0 Å². The Morgan fingerprint density at radius 1 is 1.00 bits per heavy atom. The molecule has 0 aliphatic carbocycles. The Bertz CT molecular complexity index is 1070. The first-order valence-electron chi connectivity index (χ1n) is 11.9. The van der Waals surface area contributed by atoms with Crippen LogP contribution in [0.25, 0.3) is 0 Å². The van der Waals surface area contributed by atoms with Gasteiger partial charge in [0.25, 0.3) is 0 Å². The fourth-order valence-electron chi connectivity index (χ4n) is 4.13. The van der Waals surface area contributed by atoms with Crippen molar-refractivity contribution in [2.75, 3.05) is 14.2 Å². The molecule has 1 aromatic heterocycles. The van der Waals surface area contributed by atoms with Gasteiger partial charge < -0.3 is 14.6 Å². The Hall–Kier alpha value is -3.03. The second-order valence-electron chi connectivity index (χ2n) is 8.48. The highest BCUT2D eigenvalue weighted by molar-refractivity contribution is 5.89. The quantitative estimate of drug-likeness (QED) is 0.349. The molecule has 1 heterocycles. The van der Waals surface area contributed by atoms with E-state index in [0.29, 0.717) is 30.8 Å². The molecule has 1 N–H and O–H groups in total. The van der Waals surface area contributed by atoms with Gasteiger partial charge in [-0.15, -0.1) is 5.10 Å². The second kappa shape index (κ2) is 11.9. The number of ether oxygens (including phenoxy) is 2. The van der Waals surface area contributed by atoms with Gasteiger partial charge >= 0.3 is 5.97 Å². The van der Waals surface area contributed by atoms with Crippen molar-refractivity contribution < 1.29 is 19.4 Å². The molecule has 0 aliphatic heterocycles. The van der Waals surface area contributed by atoms with E-state index >= 15 is 0 Å². The van der Waals surface area contributed by atoms with Gasteiger partial charge in [0, 0.05) is 27.1 Å². The molecule has 0 fully saturated rings. The SMILES string of the molecule is CCCCc1nc(C(CCC)(OC)OC)nn1Cc1ccc(Cc2ccccc2C(=O)O)cc1. The number of aryl methyl sites for hydroxylation is 1. The maximum absolute atomic E-state index is 11.5. The van der Waals surface area contributed by atoms with Crippen LogP contribution in [0.3, 0.4) is 0 Å². The molecule has 0 unspecified atom stereocenters. The van der Waals surface area contributed by atoms with E-state index in [4.69, 9.17) is 19.6 Å². The summed E-state index contributed by atoms with van der Waals surface area (Å²) in [5, 5.41) is 14.2. The maximum Gasteiger partial charge on any atom is 0.335 e. The van der Waals surface area contributed by atoms with Crippen molar-refractivity contribution in [1.82, 2.24) is 14.8 Å². The summed E-state index contributed by atoms with van der Waals surface area (Å²) in [5.41, 5.74) is 3.30. The maximum atomic E-state index is 11.5. The van der Waals surface area contributed by atoms with E-state index in [1.54, 1.807) is 26.4 Å². The van der Waals surface area contributed by atoms with Crippen molar-refractivity contribution in [2.24, 2.45) is 0 Å². The van der Waals surface area contributed by atoms with Crippen molar-refractivity contribution in [3.8, 4) is 0 Å². The Morgan fingerprint density at radius 3 is 2.29 bits per heavy atom. The highest BCUT2D eigenvalue weighted by atomic mass is 16.7. The first-order valence-corrected chi connectivity index (χ1v) is 11.9.